The predicted molar refractivity (Wildman–Crippen MR) is 75.0 cm³/mol. The Balaban J connectivity index is 2.20. The van der Waals surface area contributed by atoms with Crippen molar-refractivity contribution >= 4 is 16.0 Å². The number of hydrogen-bond acceptors (Lipinski definition) is 6. The van der Waals surface area contributed by atoms with Gasteiger partial charge in [0, 0.05) is 6.04 Å². The molecule has 1 saturated carbocycles. The van der Waals surface area contributed by atoms with Gasteiger partial charge in [0.15, 0.2) is 5.03 Å². The lowest BCUT2D eigenvalue weighted by molar-refractivity contribution is 0.0522. The summed E-state index contributed by atoms with van der Waals surface area (Å²) in [5.41, 5.74) is 5.56. The van der Waals surface area contributed by atoms with E-state index in [0.717, 1.165) is 25.5 Å². The van der Waals surface area contributed by atoms with Crippen molar-refractivity contribution in [3.8, 4) is 0 Å². The molecule has 8 nitrogen and oxygen atoms in total. The standard InChI is InChI=1S/C12H20N4O4S/c1-2-20-12(17)9-7-14-15-11(9)21(18,19)16-10-5-3-4-8(10)6-13/h7-8,10,16H,2-6,13H2,1H3,(H,14,15). The Hall–Kier alpha value is -1.45. The molecular weight excluding hydrogens is 296 g/mol. The molecule has 0 aliphatic heterocycles. The minimum atomic E-state index is -3.86. The van der Waals surface area contributed by atoms with Crippen molar-refractivity contribution in [1.82, 2.24) is 14.9 Å². The topological polar surface area (TPSA) is 127 Å². The van der Waals surface area contributed by atoms with E-state index in [1.165, 1.54) is 0 Å². The number of rotatable bonds is 6. The smallest absolute Gasteiger partial charge is 0.342 e. The van der Waals surface area contributed by atoms with Crippen molar-refractivity contribution in [2.45, 2.75) is 37.3 Å². The molecule has 4 N–H and O–H groups in total. The predicted octanol–water partition coefficient (Wildman–Crippen LogP) is -0.00790. The zero-order chi connectivity index (χ0) is 15.5. The van der Waals surface area contributed by atoms with Crippen LogP contribution in [-0.2, 0) is 14.8 Å². The summed E-state index contributed by atoms with van der Waals surface area (Å²) in [5, 5.41) is 5.73. The van der Waals surface area contributed by atoms with Crippen LogP contribution < -0.4 is 10.5 Å². The maximum absolute atomic E-state index is 12.4. The molecule has 0 spiro atoms. The van der Waals surface area contributed by atoms with Gasteiger partial charge >= 0.3 is 5.97 Å². The molecule has 21 heavy (non-hydrogen) atoms. The number of aromatic amines is 1. The van der Waals surface area contributed by atoms with E-state index in [0.29, 0.717) is 6.54 Å². The highest BCUT2D eigenvalue weighted by Gasteiger charge is 2.33. The Morgan fingerprint density at radius 1 is 1.57 bits per heavy atom. The van der Waals surface area contributed by atoms with Gasteiger partial charge in [-0.1, -0.05) is 6.42 Å². The SMILES string of the molecule is CCOC(=O)c1cn[nH]c1S(=O)(=O)NC1CCCC1CN. The van der Waals surface area contributed by atoms with Gasteiger partial charge in [-0.3, -0.25) is 5.10 Å². The first-order valence-corrected chi connectivity index (χ1v) is 8.40. The molecule has 2 unspecified atom stereocenters. The number of hydrogen-bond donors (Lipinski definition) is 3. The van der Waals surface area contributed by atoms with Gasteiger partial charge in [0.05, 0.1) is 12.8 Å². The molecule has 9 heteroatoms. The normalized spacial score (nSPS) is 22.4. The second kappa shape index (κ2) is 6.54. The van der Waals surface area contributed by atoms with E-state index in [2.05, 4.69) is 14.9 Å². The lowest BCUT2D eigenvalue weighted by Gasteiger charge is -2.19. The summed E-state index contributed by atoms with van der Waals surface area (Å²) in [6.45, 7) is 2.24. The highest BCUT2D eigenvalue weighted by atomic mass is 32.2. The van der Waals surface area contributed by atoms with E-state index < -0.39 is 16.0 Å². The maximum Gasteiger partial charge on any atom is 0.342 e. The first-order chi connectivity index (χ1) is 9.99. The average molecular weight is 316 g/mol. The van der Waals surface area contributed by atoms with Gasteiger partial charge in [0.1, 0.15) is 5.56 Å². The van der Waals surface area contributed by atoms with Gasteiger partial charge in [0.25, 0.3) is 10.0 Å². The third-order valence-corrected chi connectivity index (χ3v) is 5.10. The molecular formula is C12H20N4O4S. The first kappa shape index (κ1) is 15.9. The van der Waals surface area contributed by atoms with Crippen molar-refractivity contribution in [2.24, 2.45) is 11.7 Å². The van der Waals surface area contributed by atoms with Crippen molar-refractivity contribution in [2.75, 3.05) is 13.2 Å². The average Bonchev–Trinajstić information content (AvgIpc) is 3.06. The fraction of sp³-hybridized carbons (Fsp3) is 0.667. The summed E-state index contributed by atoms with van der Waals surface area (Å²) in [6.07, 6.45) is 3.73. The van der Waals surface area contributed by atoms with Crippen molar-refractivity contribution in [3.63, 3.8) is 0 Å². The maximum atomic E-state index is 12.4. The van der Waals surface area contributed by atoms with E-state index in [9.17, 15) is 13.2 Å². The number of carbonyl (C=O) groups is 1. The van der Waals surface area contributed by atoms with Crippen molar-refractivity contribution < 1.29 is 17.9 Å². The number of sulfonamides is 1. The third-order valence-electron chi connectivity index (χ3n) is 3.64. The highest BCUT2D eigenvalue weighted by molar-refractivity contribution is 7.89. The number of carbonyl (C=O) groups excluding carboxylic acids is 1. The van der Waals surface area contributed by atoms with E-state index >= 15 is 0 Å². The highest BCUT2D eigenvalue weighted by Crippen LogP contribution is 2.26. The van der Waals surface area contributed by atoms with Crippen molar-refractivity contribution in [1.29, 1.82) is 0 Å². The minimum Gasteiger partial charge on any atom is -0.462 e. The van der Waals surface area contributed by atoms with Gasteiger partial charge in [-0.2, -0.15) is 5.10 Å². The van der Waals surface area contributed by atoms with Crippen LogP contribution in [-0.4, -0.2) is 43.8 Å². The lowest BCUT2D eigenvalue weighted by atomic mass is 10.1. The fourth-order valence-electron chi connectivity index (χ4n) is 2.57. The number of esters is 1. The zero-order valence-electron chi connectivity index (χ0n) is 11.8. The van der Waals surface area contributed by atoms with Crippen LogP contribution in [0.5, 0.6) is 0 Å². The van der Waals surface area contributed by atoms with Crippen LogP contribution in [0.15, 0.2) is 11.2 Å². The van der Waals surface area contributed by atoms with Crippen molar-refractivity contribution in [3.05, 3.63) is 11.8 Å². The van der Waals surface area contributed by atoms with Gasteiger partial charge in [-0.15, -0.1) is 0 Å². The third kappa shape index (κ3) is 3.42. The summed E-state index contributed by atoms with van der Waals surface area (Å²) >= 11 is 0. The summed E-state index contributed by atoms with van der Waals surface area (Å²) in [4.78, 5) is 11.7. The van der Waals surface area contributed by atoms with E-state index in [4.69, 9.17) is 10.5 Å². The molecule has 1 aliphatic carbocycles. The van der Waals surface area contributed by atoms with Crippen LogP contribution in [0.1, 0.15) is 36.5 Å². The first-order valence-electron chi connectivity index (χ1n) is 6.92. The number of aromatic nitrogens is 2. The van der Waals surface area contributed by atoms with E-state index in [-0.39, 0.29) is 29.2 Å². The molecule has 1 heterocycles. The van der Waals surface area contributed by atoms with Gasteiger partial charge < -0.3 is 10.5 Å². The summed E-state index contributed by atoms with van der Waals surface area (Å²) in [6, 6.07) is -0.210. The molecule has 118 valence electrons. The number of nitrogens with two attached hydrogens (primary N) is 1. The van der Waals surface area contributed by atoms with E-state index in [1.54, 1.807) is 6.92 Å². The fourth-order valence-corrected chi connectivity index (χ4v) is 3.99. The Kier molecular flexibility index (Phi) is 4.96. The summed E-state index contributed by atoms with van der Waals surface area (Å²) < 4.78 is 32.3. The number of H-pyrrole nitrogens is 1. The number of nitrogens with zero attached hydrogens (tertiary/aromatic N) is 1. The number of ether oxygens (including phenoxy) is 1. The van der Waals surface area contributed by atoms with Gasteiger partial charge in [0.2, 0.25) is 0 Å². The molecule has 2 atom stereocenters. The molecule has 0 aromatic carbocycles. The van der Waals surface area contributed by atoms with Crippen LogP contribution in [0, 0.1) is 5.92 Å². The summed E-state index contributed by atoms with van der Waals surface area (Å²) in [7, 11) is -3.86. The largest absolute Gasteiger partial charge is 0.462 e. The van der Waals surface area contributed by atoms with Crippen LogP contribution in [0.2, 0.25) is 0 Å². The van der Waals surface area contributed by atoms with Crippen LogP contribution in [0.25, 0.3) is 0 Å². The Labute approximate surface area is 123 Å². The number of nitrogens with one attached hydrogen (secondary N) is 2. The Morgan fingerprint density at radius 3 is 3.00 bits per heavy atom. The van der Waals surface area contributed by atoms with Gasteiger partial charge in [-0.05, 0) is 32.2 Å². The van der Waals surface area contributed by atoms with Crippen LogP contribution in [0.4, 0.5) is 0 Å². The van der Waals surface area contributed by atoms with Crippen LogP contribution >= 0.6 is 0 Å². The molecule has 0 radical (unpaired) electrons. The Bertz CT molecular complexity index is 598. The lowest BCUT2D eigenvalue weighted by Crippen LogP contribution is -2.40. The monoisotopic (exact) mass is 316 g/mol. The quantitative estimate of drug-likeness (QED) is 0.634. The van der Waals surface area contributed by atoms with Crippen LogP contribution in [0.3, 0.4) is 0 Å². The van der Waals surface area contributed by atoms with E-state index in [1.807, 2.05) is 0 Å². The Morgan fingerprint density at radius 2 is 2.33 bits per heavy atom. The second-order valence-electron chi connectivity index (χ2n) is 4.99. The molecule has 1 aromatic heterocycles. The molecule has 2 rings (SSSR count). The molecule has 0 bridgehead atoms. The minimum absolute atomic E-state index is 0.0911. The molecule has 1 aromatic rings. The second-order valence-corrected chi connectivity index (χ2v) is 6.64. The van der Waals surface area contributed by atoms with Gasteiger partial charge in [-0.25, -0.2) is 17.9 Å². The molecule has 1 aliphatic rings. The molecule has 0 amide bonds. The zero-order valence-corrected chi connectivity index (χ0v) is 12.6. The molecule has 1 fully saturated rings. The summed E-state index contributed by atoms with van der Waals surface area (Å²) in [5.74, 6) is -0.595. The molecule has 0 saturated heterocycles.